The van der Waals surface area contributed by atoms with Crippen LogP contribution in [0.3, 0.4) is 0 Å². The summed E-state index contributed by atoms with van der Waals surface area (Å²) in [7, 11) is 3.50. The minimum absolute atomic E-state index is 0. The number of halogens is 2. The molecule has 0 fully saturated rings. The summed E-state index contributed by atoms with van der Waals surface area (Å²) in [5.41, 5.74) is 1.55. The van der Waals surface area contributed by atoms with Gasteiger partial charge in [0.2, 0.25) is 0 Å². The normalized spacial score (nSPS) is 12.1. The van der Waals surface area contributed by atoms with Crippen molar-refractivity contribution < 1.29 is 34.6 Å². The maximum Gasteiger partial charge on any atom is 0.113 e. The van der Waals surface area contributed by atoms with E-state index in [9.17, 15) is 8.78 Å². The molecule has 0 aliphatic carbocycles. The fourth-order valence-corrected chi connectivity index (χ4v) is 2.45. The first-order valence-electron chi connectivity index (χ1n) is 8.44. The van der Waals surface area contributed by atoms with E-state index in [1.54, 1.807) is 12.1 Å². The molecule has 0 unspecified atom stereocenters. The summed E-state index contributed by atoms with van der Waals surface area (Å²) in [6.07, 6.45) is 5.50. The number of ether oxygens (including phenoxy) is 1. The fraction of sp³-hybridized carbons (Fsp3) is 0.0909. The monoisotopic (exact) mass is 573 g/mol. The molecule has 0 atom stereocenters. The molecule has 4 rings (SSSR count). The molecule has 3 aromatic rings. The molecule has 0 amide bonds. The first-order chi connectivity index (χ1) is 13.6. The zero-order valence-corrected chi connectivity index (χ0v) is 18.0. The van der Waals surface area contributed by atoms with E-state index < -0.39 is 11.6 Å². The van der Waals surface area contributed by atoms with E-state index in [2.05, 4.69) is 17.1 Å². The van der Waals surface area contributed by atoms with E-state index >= 15 is 0 Å². The zero-order valence-electron chi connectivity index (χ0n) is 15.8. The van der Waals surface area contributed by atoms with Crippen LogP contribution in [0.4, 0.5) is 14.5 Å². The Balaban J connectivity index is 0.000000207. The van der Waals surface area contributed by atoms with Crippen LogP contribution < -0.4 is 9.64 Å². The molecule has 7 heteroatoms. The third-order valence-electron chi connectivity index (χ3n) is 3.82. The standard InChI is InChI=1S/C12H8F2NO.C10H10N2.Pt/c1-16-9-4-5-15-12(7-9)10-3-2-8(13)6-11(10)14;1-11-7-8-12(9-11)10-5-3-2-4-6-10;/h2,4-7H,1H3;2-5,7-9H,1H3;/q-1;-2;. The van der Waals surface area contributed by atoms with E-state index in [1.807, 2.05) is 60.2 Å². The molecular formula is C22H18F2N3OPt-3. The number of aromatic nitrogens is 1. The van der Waals surface area contributed by atoms with Crippen LogP contribution in [0.15, 0.2) is 67.1 Å². The Morgan fingerprint density at radius 2 is 1.93 bits per heavy atom. The Kier molecular flexibility index (Phi) is 8.34. The van der Waals surface area contributed by atoms with Gasteiger partial charge in [-0.05, 0) is 37.3 Å². The number of pyridine rings is 1. The Labute approximate surface area is 183 Å². The second-order valence-electron chi connectivity index (χ2n) is 5.86. The minimum Gasteiger partial charge on any atom is -0.510 e. The molecule has 154 valence electrons. The van der Waals surface area contributed by atoms with Crippen LogP contribution in [-0.2, 0) is 21.1 Å². The Hall–Kier alpha value is -2.72. The molecule has 2 aromatic carbocycles. The van der Waals surface area contributed by atoms with Gasteiger partial charge < -0.3 is 19.5 Å². The van der Waals surface area contributed by atoms with Gasteiger partial charge in [-0.1, -0.05) is 11.6 Å². The van der Waals surface area contributed by atoms with Crippen molar-refractivity contribution >= 4 is 5.69 Å². The maximum absolute atomic E-state index is 13.4. The number of anilines is 1. The van der Waals surface area contributed by atoms with E-state index in [1.165, 1.54) is 13.3 Å². The molecular weight excluding hydrogens is 555 g/mol. The summed E-state index contributed by atoms with van der Waals surface area (Å²) in [6, 6.07) is 18.6. The van der Waals surface area contributed by atoms with Gasteiger partial charge in [-0.25, -0.2) is 0 Å². The molecule has 0 bridgehead atoms. The predicted octanol–water partition coefficient (Wildman–Crippen LogP) is 4.66. The van der Waals surface area contributed by atoms with Crippen LogP contribution in [0.2, 0.25) is 0 Å². The van der Waals surface area contributed by atoms with Crippen molar-refractivity contribution in [2.75, 3.05) is 19.1 Å². The largest absolute Gasteiger partial charge is 0.510 e. The van der Waals surface area contributed by atoms with Gasteiger partial charge >= 0.3 is 0 Å². The number of benzene rings is 2. The van der Waals surface area contributed by atoms with E-state index in [0.717, 1.165) is 17.8 Å². The quantitative estimate of drug-likeness (QED) is 0.427. The van der Waals surface area contributed by atoms with Gasteiger partial charge in [0, 0.05) is 38.9 Å². The molecule has 0 saturated heterocycles. The van der Waals surface area contributed by atoms with Crippen molar-refractivity contribution in [3.05, 3.63) is 97.6 Å². The second kappa shape index (κ2) is 10.7. The second-order valence-corrected chi connectivity index (χ2v) is 5.86. The van der Waals surface area contributed by atoms with Crippen molar-refractivity contribution in [1.29, 1.82) is 0 Å². The first kappa shape index (κ1) is 22.6. The van der Waals surface area contributed by atoms with Crippen LogP contribution in [0.1, 0.15) is 0 Å². The molecule has 1 aliphatic heterocycles. The number of rotatable bonds is 3. The Bertz CT molecular complexity index is 954. The number of hydrogen-bond acceptors (Lipinski definition) is 4. The third-order valence-corrected chi connectivity index (χ3v) is 3.82. The molecule has 0 radical (unpaired) electrons. The average Bonchev–Trinajstić information content (AvgIpc) is 3.16. The topological polar surface area (TPSA) is 28.6 Å². The van der Waals surface area contributed by atoms with Gasteiger partial charge in [0.15, 0.2) is 0 Å². The van der Waals surface area contributed by atoms with Crippen LogP contribution in [0, 0.1) is 30.4 Å². The molecule has 29 heavy (non-hydrogen) atoms. The van der Waals surface area contributed by atoms with Crippen LogP contribution >= 0.6 is 0 Å². The van der Waals surface area contributed by atoms with Crippen LogP contribution in [-0.4, -0.2) is 24.0 Å². The molecule has 4 nitrogen and oxygen atoms in total. The van der Waals surface area contributed by atoms with Crippen molar-refractivity contribution in [3.63, 3.8) is 0 Å². The van der Waals surface area contributed by atoms with E-state index in [-0.39, 0.29) is 26.6 Å². The van der Waals surface area contributed by atoms with Crippen LogP contribution in [0.5, 0.6) is 5.75 Å². The number of para-hydroxylation sites is 1. The van der Waals surface area contributed by atoms with Gasteiger partial charge in [-0.2, -0.15) is 37.0 Å². The predicted molar refractivity (Wildman–Crippen MR) is 104 cm³/mol. The Morgan fingerprint density at radius 3 is 2.55 bits per heavy atom. The maximum atomic E-state index is 13.4. The van der Waals surface area contributed by atoms with Crippen molar-refractivity contribution in [2.45, 2.75) is 0 Å². The van der Waals surface area contributed by atoms with Gasteiger partial charge in [-0.3, -0.25) is 8.78 Å². The minimum atomic E-state index is -0.694. The van der Waals surface area contributed by atoms with Crippen molar-refractivity contribution in [3.8, 4) is 17.0 Å². The SMILES string of the molecule is CN1C=CN(c2[c-]cccc2)[CH-]1.COc1ccnc(-c2[c-]cc(F)cc2F)c1.[Pt]. The molecule has 0 N–H and O–H groups in total. The smallest absolute Gasteiger partial charge is 0.113 e. The molecule has 1 aliphatic rings. The zero-order chi connectivity index (χ0) is 19.9. The van der Waals surface area contributed by atoms with Crippen molar-refractivity contribution in [2.24, 2.45) is 0 Å². The average molecular weight is 573 g/mol. The van der Waals surface area contributed by atoms with Crippen LogP contribution in [0.25, 0.3) is 11.3 Å². The first-order valence-corrected chi connectivity index (χ1v) is 8.44. The number of hydrogen-bond donors (Lipinski definition) is 0. The summed E-state index contributed by atoms with van der Waals surface area (Å²) in [4.78, 5) is 8.00. The van der Waals surface area contributed by atoms with E-state index in [0.29, 0.717) is 11.4 Å². The van der Waals surface area contributed by atoms with Crippen molar-refractivity contribution in [1.82, 2.24) is 9.88 Å². The molecule has 1 aromatic heterocycles. The van der Waals surface area contributed by atoms with Gasteiger partial charge in [0.1, 0.15) is 5.75 Å². The molecule has 2 heterocycles. The van der Waals surface area contributed by atoms with Gasteiger partial charge in [0.05, 0.1) is 7.11 Å². The van der Waals surface area contributed by atoms with E-state index in [4.69, 9.17) is 4.74 Å². The third kappa shape index (κ3) is 6.13. The molecule has 0 spiro atoms. The molecule has 0 saturated carbocycles. The Morgan fingerprint density at radius 1 is 1.10 bits per heavy atom. The summed E-state index contributed by atoms with van der Waals surface area (Å²) in [5.74, 6) is -0.799. The summed E-state index contributed by atoms with van der Waals surface area (Å²) in [5, 5.41) is 0. The summed E-state index contributed by atoms with van der Waals surface area (Å²) < 4.78 is 31.1. The fourth-order valence-electron chi connectivity index (χ4n) is 2.45. The number of methoxy groups -OCH3 is 1. The van der Waals surface area contributed by atoms with Gasteiger partial charge in [-0.15, -0.1) is 17.8 Å². The summed E-state index contributed by atoms with van der Waals surface area (Å²) >= 11 is 0. The summed E-state index contributed by atoms with van der Waals surface area (Å²) in [6.45, 7) is 2.01. The number of nitrogens with zero attached hydrogens (tertiary/aromatic N) is 3. The van der Waals surface area contributed by atoms with Gasteiger partial charge in [0.25, 0.3) is 0 Å².